The predicted octanol–water partition coefficient (Wildman–Crippen LogP) is 0.0409. The first-order chi connectivity index (χ1) is 8.20. The minimum atomic E-state index is -0.524. The fourth-order valence-corrected chi connectivity index (χ4v) is 1.46. The number of carbonyl (C=O) groups excluding carboxylic acids is 1. The lowest BCUT2D eigenvalue weighted by Gasteiger charge is -2.01. The Morgan fingerprint density at radius 2 is 2.35 bits per heavy atom. The van der Waals surface area contributed by atoms with Crippen molar-refractivity contribution in [3.05, 3.63) is 30.1 Å². The summed E-state index contributed by atoms with van der Waals surface area (Å²) in [4.78, 5) is 15.0. The molecule has 0 N–H and O–H groups in total. The lowest BCUT2D eigenvalue weighted by molar-refractivity contribution is 0.0586. The zero-order valence-corrected chi connectivity index (χ0v) is 9.70. The SMILES string of the molecule is COC(=O)c1ncn(CCc2ccnn2C)n1. The van der Waals surface area contributed by atoms with Gasteiger partial charge < -0.3 is 4.74 Å². The quantitative estimate of drug-likeness (QED) is 0.699. The maximum Gasteiger partial charge on any atom is 0.377 e. The van der Waals surface area contributed by atoms with Crippen molar-refractivity contribution in [2.45, 2.75) is 13.0 Å². The standard InChI is InChI=1S/C10H13N5O2/c1-14-8(3-5-12-14)4-6-15-7-11-9(13-15)10(16)17-2/h3,5,7H,4,6H2,1-2H3. The molecule has 2 heterocycles. The summed E-state index contributed by atoms with van der Waals surface area (Å²) in [5, 5.41) is 8.08. The molecular formula is C10H13N5O2. The van der Waals surface area contributed by atoms with E-state index in [1.54, 1.807) is 15.6 Å². The van der Waals surface area contributed by atoms with Gasteiger partial charge in [-0.05, 0) is 6.07 Å². The molecule has 0 spiro atoms. The average Bonchev–Trinajstić information content (AvgIpc) is 2.94. The van der Waals surface area contributed by atoms with Gasteiger partial charge in [0.15, 0.2) is 0 Å². The largest absolute Gasteiger partial charge is 0.463 e. The molecule has 0 radical (unpaired) electrons. The van der Waals surface area contributed by atoms with Crippen LogP contribution in [0, 0.1) is 0 Å². The zero-order chi connectivity index (χ0) is 12.3. The minimum absolute atomic E-state index is 0.0810. The smallest absolute Gasteiger partial charge is 0.377 e. The maximum absolute atomic E-state index is 11.1. The summed E-state index contributed by atoms with van der Waals surface area (Å²) in [6, 6.07) is 1.94. The molecule has 0 aliphatic rings. The highest BCUT2D eigenvalue weighted by atomic mass is 16.5. The van der Waals surface area contributed by atoms with Crippen molar-refractivity contribution in [1.29, 1.82) is 0 Å². The number of hydrogen-bond acceptors (Lipinski definition) is 5. The van der Waals surface area contributed by atoms with Gasteiger partial charge >= 0.3 is 5.97 Å². The Balaban J connectivity index is 1.98. The van der Waals surface area contributed by atoms with Crippen molar-refractivity contribution in [3.8, 4) is 0 Å². The van der Waals surface area contributed by atoms with Gasteiger partial charge in [0.25, 0.3) is 5.82 Å². The van der Waals surface area contributed by atoms with Gasteiger partial charge in [-0.25, -0.2) is 9.78 Å². The molecule has 17 heavy (non-hydrogen) atoms. The van der Waals surface area contributed by atoms with E-state index < -0.39 is 5.97 Å². The number of esters is 1. The molecule has 2 aromatic heterocycles. The summed E-state index contributed by atoms with van der Waals surface area (Å²) in [7, 11) is 3.19. The van der Waals surface area contributed by atoms with Crippen LogP contribution in [0.5, 0.6) is 0 Å². The fraction of sp³-hybridized carbons (Fsp3) is 0.400. The van der Waals surface area contributed by atoms with Gasteiger partial charge in [0, 0.05) is 31.9 Å². The zero-order valence-electron chi connectivity index (χ0n) is 9.70. The predicted molar refractivity (Wildman–Crippen MR) is 58.3 cm³/mol. The Bertz CT molecular complexity index is 516. The first kappa shape index (κ1) is 11.3. The number of carbonyl (C=O) groups is 1. The maximum atomic E-state index is 11.1. The van der Waals surface area contributed by atoms with Crippen LogP contribution < -0.4 is 0 Å². The number of ether oxygens (including phenoxy) is 1. The van der Waals surface area contributed by atoms with Crippen molar-refractivity contribution < 1.29 is 9.53 Å². The van der Waals surface area contributed by atoms with Crippen molar-refractivity contribution in [1.82, 2.24) is 24.5 Å². The molecule has 0 aliphatic heterocycles. The second-order valence-electron chi connectivity index (χ2n) is 3.52. The molecule has 2 aromatic rings. The molecule has 0 atom stereocenters. The average molecular weight is 235 g/mol. The van der Waals surface area contributed by atoms with Crippen LogP contribution in [0.4, 0.5) is 0 Å². The Kier molecular flexibility index (Phi) is 3.17. The molecule has 0 unspecified atom stereocenters. The molecule has 0 saturated heterocycles. The van der Waals surface area contributed by atoms with E-state index in [0.717, 1.165) is 12.1 Å². The lowest BCUT2D eigenvalue weighted by atomic mass is 10.3. The highest BCUT2D eigenvalue weighted by Gasteiger charge is 2.11. The van der Waals surface area contributed by atoms with Crippen LogP contribution in [0.25, 0.3) is 0 Å². The summed E-state index contributed by atoms with van der Waals surface area (Å²) in [6.07, 6.45) is 4.04. The van der Waals surface area contributed by atoms with Crippen molar-refractivity contribution >= 4 is 5.97 Å². The van der Waals surface area contributed by atoms with E-state index in [1.807, 2.05) is 13.1 Å². The summed E-state index contributed by atoms with van der Waals surface area (Å²) in [5.41, 5.74) is 1.10. The molecule has 0 fully saturated rings. The molecule has 0 aromatic carbocycles. The molecule has 7 heteroatoms. The topological polar surface area (TPSA) is 74.8 Å². The third kappa shape index (κ3) is 2.49. The summed E-state index contributed by atoms with van der Waals surface area (Å²) >= 11 is 0. The van der Waals surface area contributed by atoms with E-state index in [2.05, 4.69) is 19.9 Å². The number of hydrogen-bond donors (Lipinski definition) is 0. The molecule has 0 amide bonds. The van der Waals surface area contributed by atoms with E-state index in [9.17, 15) is 4.79 Å². The second-order valence-corrected chi connectivity index (χ2v) is 3.52. The molecule has 7 nitrogen and oxygen atoms in total. The van der Waals surface area contributed by atoms with Gasteiger partial charge in [-0.15, -0.1) is 5.10 Å². The van der Waals surface area contributed by atoms with Gasteiger partial charge in [-0.1, -0.05) is 0 Å². The first-order valence-electron chi connectivity index (χ1n) is 5.15. The third-order valence-electron chi connectivity index (χ3n) is 2.42. The van der Waals surface area contributed by atoms with Gasteiger partial charge in [0.1, 0.15) is 6.33 Å². The van der Waals surface area contributed by atoms with Crippen LogP contribution in [0.15, 0.2) is 18.6 Å². The Hall–Kier alpha value is -2.18. The van der Waals surface area contributed by atoms with Crippen LogP contribution in [0.3, 0.4) is 0 Å². The van der Waals surface area contributed by atoms with Crippen LogP contribution in [0.2, 0.25) is 0 Å². The third-order valence-corrected chi connectivity index (χ3v) is 2.42. The van der Waals surface area contributed by atoms with Crippen LogP contribution in [-0.2, 0) is 24.8 Å². The Morgan fingerprint density at radius 3 is 3.00 bits per heavy atom. The van der Waals surface area contributed by atoms with E-state index in [-0.39, 0.29) is 5.82 Å². The summed E-state index contributed by atoms with van der Waals surface area (Å²) < 4.78 is 7.94. The molecule has 0 bridgehead atoms. The number of aryl methyl sites for hydroxylation is 3. The van der Waals surface area contributed by atoms with E-state index in [4.69, 9.17) is 0 Å². The monoisotopic (exact) mass is 235 g/mol. The minimum Gasteiger partial charge on any atom is -0.463 e. The van der Waals surface area contributed by atoms with E-state index in [0.29, 0.717) is 6.54 Å². The first-order valence-corrected chi connectivity index (χ1v) is 5.15. The Labute approximate surface area is 98.0 Å². The van der Waals surface area contributed by atoms with Crippen LogP contribution in [-0.4, -0.2) is 37.6 Å². The van der Waals surface area contributed by atoms with Gasteiger partial charge in [0.05, 0.1) is 7.11 Å². The highest BCUT2D eigenvalue weighted by Crippen LogP contribution is 2.00. The lowest BCUT2D eigenvalue weighted by Crippen LogP contribution is -2.08. The van der Waals surface area contributed by atoms with E-state index >= 15 is 0 Å². The second kappa shape index (κ2) is 4.77. The van der Waals surface area contributed by atoms with Crippen molar-refractivity contribution in [3.63, 3.8) is 0 Å². The highest BCUT2D eigenvalue weighted by molar-refractivity contribution is 5.84. The van der Waals surface area contributed by atoms with Crippen LogP contribution >= 0.6 is 0 Å². The van der Waals surface area contributed by atoms with Crippen molar-refractivity contribution in [2.24, 2.45) is 7.05 Å². The number of methoxy groups -OCH3 is 1. The van der Waals surface area contributed by atoms with Crippen molar-refractivity contribution in [2.75, 3.05) is 7.11 Å². The summed E-state index contributed by atoms with van der Waals surface area (Å²) in [6.45, 7) is 0.642. The molecule has 2 rings (SSSR count). The molecular weight excluding hydrogens is 222 g/mol. The van der Waals surface area contributed by atoms with Gasteiger partial charge in [0.2, 0.25) is 0 Å². The van der Waals surface area contributed by atoms with Crippen LogP contribution in [0.1, 0.15) is 16.3 Å². The fourth-order valence-electron chi connectivity index (χ4n) is 1.46. The molecule has 0 saturated carbocycles. The number of nitrogens with zero attached hydrogens (tertiary/aromatic N) is 5. The van der Waals surface area contributed by atoms with E-state index in [1.165, 1.54) is 13.4 Å². The molecule has 0 aliphatic carbocycles. The number of rotatable bonds is 4. The molecule has 90 valence electrons. The normalized spacial score (nSPS) is 10.5. The van der Waals surface area contributed by atoms with Gasteiger partial charge in [-0.3, -0.25) is 9.36 Å². The Morgan fingerprint density at radius 1 is 1.53 bits per heavy atom. The summed E-state index contributed by atoms with van der Waals surface area (Å²) in [5.74, 6) is -0.443. The number of aromatic nitrogens is 5. The van der Waals surface area contributed by atoms with Gasteiger partial charge in [-0.2, -0.15) is 5.10 Å².